The highest BCUT2D eigenvalue weighted by molar-refractivity contribution is 6.00. The Bertz CT molecular complexity index is 1460. The number of hydrogen-bond donors (Lipinski definition) is 1. The summed E-state index contributed by atoms with van der Waals surface area (Å²) in [5, 5.41) is 10.8. The van der Waals surface area contributed by atoms with Gasteiger partial charge < -0.3 is 24.5 Å². The van der Waals surface area contributed by atoms with Gasteiger partial charge in [-0.2, -0.15) is 0 Å². The quantitative estimate of drug-likeness (QED) is 0.408. The highest BCUT2D eigenvalue weighted by Gasteiger charge is 2.76. The van der Waals surface area contributed by atoms with E-state index in [9.17, 15) is 19.5 Å². The van der Waals surface area contributed by atoms with Crippen molar-refractivity contribution >= 4 is 17.7 Å². The van der Waals surface area contributed by atoms with Crippen LogP contribution in [-0.2, 0) is 32.1 Å². The lowest BCUT2D eigenvalue weighted by Gasteiger charge is -2.41. The summed E-state index contributed by atoms with van der Waals surface area (Å²) in [6, 6.07) is 17.8. The molecule has 2 aromatic rings. The summed E-state index contributed by atoms with van der Waals surface area (Å²) in [5.41, 5.74) is -0.442. The molecule has 2 unspecified atom stereocenters. The number of aliphatic hydroxyl groups is 1. The molecule has 0 aliphatic carbocycles. The summed E-state index contributed by atoms with van der Waals surface area (Å²) in [6.07, 6.45) is 10.4. The molecule has 0 saturated carbocycles. The summed E-state index contributed by atoms with van der Waals surface area (Å²) < 4.78 is 7.14. The largest absolute Gasteiger partial charge is 0.394 e. The topological polar surface area (TPSA) is 90.4 Å². The molecule has 1 spiro atoms. The summed E-state index contributed by atoms with van der Waals surface area (Å²) in [7, 11) is 0. The van der Waals surface area contributed by atoms with E-state index in [2.05, 4.69) is 6.92 Å². The van der Waals surface area contributed by atoms with Crippen molar-refractivity contribution in [3.63, 3.8) is 0 Å². The van der Waals surface area contributed by atoms with Crippen molar-refractivity contribution in [3.05, 3.63) is 96.1 Å². The maximum Gasteiger partial charge on any atom is 0.249 e. The van der Waals surface area contributed by atoms with Crippen LogP contribution in [0.1, 0.15) is 51.2 Å². The molecule has 2 aromatic carbocycles. The number of nitrogens with zero attached hydrogens (tertiary/aromatic N) is 3. The van der Waals surface area contributed by atoms with Crippen LogP contribution in [0.2, 0.25) is 0 Å². The van der Waals surface area contributed by atoms with Gasteiger partial charge in [0.2, 0.25) is 17.7 Å². The third-order valence-corrected chi connectivity index (χ3v) is 10.4. The smallest absolute Gasteiger partial charge is 0.249 e. The third kappa shape index (κ3) is 5.22. The van der Waals surface area contributed by atoms with Crippen LogP contribution < -0.4 is 0 Å². The second kappa shape index (κ2) is 12.6. The van der Waals surface area contributed by atoms with E-state index in [0.29, 0.717) is 32.5 Å². The molecule has 0 aromatic heterocycles. The van der Waals surface area contributed by atoms with Crippen LogP contribution in [0.15, 0.2) is 85.0 Å². The van der Waals surface area contributed by atoms with Gasteiger partial charge in [0.05, 0.1) is 30.1 Å². The van der Waals surface area contributed by atoms with Crippen LogP contribution in [0.5, 0.6) is 0 Å². The average Bonchev–Trinajstić information content (AvgIpc) is 3.35. The SMILES string of the molecule is CCCC(C)N1CC=C[C@]23O[C@@]4(CC)C=CCN(Cc5ccccc5)C(=O)[C@H]4[C@H]2C(=O)N([C@@H](CO)Cc2ccccc2)C3C1=O. The van der Waals surface area contributed by atoms with Gasteiger partial charge in [0.25, 0.3) is 0 Å². The number of fused-ring (bicyclic) bond motifs is 2. The first kappa shape index (κ1) is 31.2. The Balaban J connectivity index is 1.47. The molecule has 238 valence electrons. The van der Waals surface area contributed by atoms with Crippen molar-refractivity contribution in [3.8, 4) is 0 Å². The Morgan fingerprint density at radius 2 is 1.53 bits per heavy atom. The lowest BCUT2D eigenvalue weighted by molar-refractivity contribution is -0.158. The Hall–Kier alpha value is -3.75. The molecule has 3 amide bonds. The minimum atomic E-state index is -1.35. The maximum atomic E-state index is 15.0. The van der Waals surface area contributed by atoms with Gasteiger partial charge in [-0.25, -0.2) is 0 Å². The van der Waals surface area contributed by atoms with E-state index in [1.54, 1.807) is 9.80 Å². The van der Waals surface area contributed by atoms with Gasteiger partial charge >= 0.3 is 0 Å². The summed E-state index contributed by atoms with van der Waals surface area (Å²) >= 11 is 0. The van der Waals surface area contributed by atoms with Crippen molar-refractivity contribution in [2.45, 2.75) is 82.3 Å². The molecule has 8 nitrogen and oxygen atoms in total. The van der Waals surface area contributed by atoms with Crippen LogP contribution in [0.25, 0.3) is 0 Å². The first-order chi connectivity index (χ1) is 21.8. The average molecular weight is 612 g/mol. The highest BCUT2D eigenvalue weighted by Crippen LogP contribution is 2.59. The van der Waals surface area contributed by atoms with Crippen LogP contribution in [0.4, 0.5) is 0 Å². The van der Waals surface area contributed by atoms with Gasteiger partial charge in [-0.3, -0.25) is 14.4 Å². The third-order valence-electron chi connectivity index (χ3n) is 10.4. The Kier molecular flexibility index (Phi) is 8.72. The normalized spacial score (nSPS) is 30.5. The number of amides is 3. The zero-order valence-electron chi connectivity index (χ0n) is 26.5. The number of rotatable bonds is 10. The first-order valence-corrected chi connectivity index (χ1v) is 16.5. The molecule has 6 rings (SSSR count). The first-order valence-electron chi connectivity index (χ1n) is 16.5. The summed E-state index contributed by atoms with van der Waals surface area (Å²) in [6.45, 7) is 7.01. The minimum Gasteiger partial charge on any atom is -0.394 e. The number of carbonyl (C=O) groups excluding carboxylic acids is 3. The monoisotopic (exact) mass is 611 g/mol. The molecular weight excluding hydrogens is 566 g/mol. The van der Waals surface area contributed by atoms with Crippen molar-refractivity contribution in [2.24, 2.45) is 11.8 Å². The minimum absolute atomic E-state index is 0.0464. The van der Waals surface area contributed by atoms with Gasteiger partial charge in [-0.1, -0.05) is 105 Å². The van der Waals surface area contributed by atoms with E-state index in [0.717, 1.165) is 24.0 Å². The Morgan fingerprint density at radius 1 is 0.867 bits per heavy atom. The standard InChI is InChI=1S/C37H45N3O5/c1-4-14-26(3)39-22-13-20-37-31(34(43)40(32(37)35(39)44)29(25-41)23-27-15-8-6-9-16-27)30-33(42)38(24-28-17-10-7-11-18-28)21-12-19-36(30,5-2)45-37/h6-13,15-20,26,29-32,41H,4-5,14,21-25H2,1-3H3/t26?,29-,30-,31+,32?,36+,37+/m1/s1. The molecule has 8 heteroatoms. The maximum absolute atomic E-state index is 15.0. The number of hydrogen-bond acceptors (Lipinski definition) is 5. The molecule has 0 radical (unpaired) electrons. The predicted molar refractivity (Wildman–Crippen MR) is 172 cm³/mol. The van der Waals surface area contributed by atoms with E-state index >= 15 is 0 Å². The van der Waals surface area contributed by atoms with E-state index in [-0.39, 0.29) is 30.4 Å². The van der Waals surface area contributed by atoms with Crippen LogP contribution in [0, 0.1) is 11.8 Å². The van der Waals surface area contributed by atoms with Crippen LogP contribution in [0.3, 0.4) is 0 Å². The molecule has 4 aliphatic rings. The number of carbonyl (C=O) groups is 3. The van der Waals surface area contributed by atoms with Gasteiger partial charge in [0.1, 0.15) is 11.6 Å². The molecule has 4 aliphatic heterocycles. The zero-order chi connectivity index (χ0) is 31.8. The lowest BCUT2D eigenvalue weighted by Crippen LogP contribution is -2.60. The van der Waals surface area contributed by atoms with E-state index in [1.807, 2.05) is 104 Å². The van der Waals surface area contributed by atoms with Gasteiger partial charge in [0.15, 0.2) is 0 Å². The second-order valence-corrected chi connectivity index (χ2v) is 13.0. The number of aliphatic hydroxyl groups excluding tert-OH is 1. The molecule has 4 heterocycles. The zero-order valence-corrected chi connectivity index (χ0v) is 26.5. The summed E-state index contributed by atoms with van der Waals surface area (Å²) in [4.78, 5) is 49.7. The molecule has 7 atom stereocenters. The number of ether oxygens (including phenoxy) is 1. The molecule has 0 bridgehead atoms. The fourth-order valence-corrected chi connectivity index (χ4v) is 8.21. The molecule has 1 N–H and O–H groups in total. The van der Waals surface area contributed by atoms with Crippen LogP contribution >= 0.6 is 0 Å². The van der Waals surface area contributed by atoms with Gasteiger partial charge in [-0.05, 0) is 37.3 Å². The van der Waals surface area contributed by atoms with Crippen molar-refractivity contribution in [2.75, 3.05) is 19.7 Å². The fraction of sp³-hybridized carbons (Fsp3) is 0.486. The van der Waals surface area contributed by atoms with E-state index in [1.165, 1.54) is 0 Å². The number of likely N-dealkylation sites (tertiary alicyclic amines) is 1. The Morgan fingerprint density at radius 3 is 2.18 bits per heavy atom. The van der Waals surface area contributed by atoms with Gasteiger partial charge in [0, 0.05) is 25.7 Å². The lowest BCUT2D eigenvalue weighted by atomic mass is 9.73. The number of benzene rings is 2. The highest BCUT2D eigenvalue weighted by atomic mass is 16.5. The van der Waals surface area contributed by atoms with Crippen molar-refractivity contribution in [1.82, 2.24) is 14.7 Å². The Labute approximate surface area is 266 Å². The summed E-state index contributed by atoms with van der Waals surface area (Å²) in [5.74, 6) is -2.38. The van der Waals surface area contributed by atoms with E-state index < -0.39 is 35.1 Å². The molecule has 45 heavy (non-hydrogen) atoms. The molecule has 2 saturated heterocycles. The van der Waals surface area contributed by atoms with Crippen LogP contribution in [-0.4, -0.2) is 86.6 Å². The second-order valence-electron chi connectivity index (χ2n) is 13.0. The predicted octanol–water partition coefficient (Wildman–Crippen LogP) is 4.14. The van der Waals surface area contributed by atoms with E-state index in [4.69, 9.17) is 4.74 Å². The van der Waals surface area contributed by atoms with Crippen molar-refractivity contribution < 1.29 is 24.2 Å². The fourth-order valence-electron chi connectivity index (χ4n) is 8.21. The van der Waals surface area contributed by atoms with Crippen molar-refractivity contribution in [1.29, 1.82) is 0 Å². The molecular formula is C37H45N3O5. The van der Waals surface area contributed by atoms with Gasteiger partial charge in [-0.15, -0.1) is 0 Å². The molecule has 2 fully saturated rings.